The first kappa shape index (κ1) is 16.8. The Morgan fingerprint density at radius 1 is 1.22 bits per heavy atom. The Morgan fingerprint density at radius 2 is 1.96 bits per heavy atom. The molecule has 1 aromatic carbocycles. The van der Waals surface area contributed by atoms with E-state index < -0.39 is 24.5 Å². The predicted molar refractivity (Wildman–Crippen MR) is 84.5 cm³/mol. The van der Waals surface area contributed by atoms with Gasteiger partial charge in [0.15, 0.2) is 6.61 Å². The monoisotopic (exact) mass is 334 g/mol. The van der Waals surface area contributed by atoms with Crippen molar-refractivity contribution >= 4 is 29.3 Å². The number of aromatic amines is 1. The Kier molecular flexibility index (Phi) is 5.54. The van der Waals surface area contributed by atoms with Crippen molar-refractivity contribution in [2.24, 2.45) is 0 Å². The maximum Gasteiger partial charge on any atom is 0.328 e. The Labute approximate surface area is 137 Å². The summed E-state index contributed by atoms with van der Waals surface area (Å²) in [6, 6.07) is 8.83. The highest BCUT2D eigenvalue weighted by Gasteiger charge is 2.20. The summed E-state index contributed by atoms with van der Waals surface area (Å²) in [7, 11) is 0. The fraction of sp³-hybridized carbons (Fsp3) is 0.188. The minimum Gasteiger partial charge on any atom is -0.456 e. The van der Waals surface area contributed by atoms with Crippen molar-refractivity contribution < 1.29 is 19.1 Å². The largest absolute Gasteiger partial charge is 0.456 e. The van der Waals surface area contributed by atoms with Crippen LogP contribution in [0.15, 0.2) is 42.6 Å². The maximum atomic E-state index is 12.0. The third-order valence-corrected chi connectivity index (χ3v) is 3.39. The number of ketones is 1. The summed E-state index contributed by atoms with van der Waals surface area (Å²) < 4.78 is 4.90. The number of hydrogen-bond acceptors (Lipinski definition) is 4. The van der Waals surface area contributed by atoms with Crippen LogP contribution in [0.1, 0.15) is 27.8 Å². The Morgan fingerprint density at radius 3 is 2.61 bits per heavy atom. The molecule has 0 saturated heterocycles. The number of carbonyl (C=O) groups is 3. The van der Waals surface area contributed by atoms with Gasteiger partial charge in [-0.05, 0) is 31.2 Å². The Hall–Kier alpha value is -2.60. The zero-order chi connectivity index (χ0) is 16.8. The van der Waals surface area contributed by atoms with Gasteiger partial charge in [-0.15, -0.1) is 0 Å². The van der Waals surface area contributed by atoms with Crippen LogP contribution in [0.3, 0.4) is 0 Å². The number of nitrogens with one attached hydrogen (secondary N) is 2. The second kappa shape index (κ2) is 7.60. The number of halogens is 1. The molecule has 1 heterocycles. The van der Waals surface area contributed by atoms with Gasteiger partial charge in [-0.3, -0.25) is 9.59 Å². The molecule has 0 radical (unpaired) electrons. The third kappa shape index (κ3) is 4.43. The topological polar surface area (TPSA) is 88.3 Å². The van der Waals surface area contributed by atoms with Gasteiger partial charge in [0.25, 0.3) is 5.91 Å². The van der Waals surface area contributed by atoms with Crippen LogP contribution in [-0.2, 0) is 9.53 Å². The molecule has 23 heavy (non-hydrogen) atoms. The number of Topliss-reactive ketones (excluding diaryl/α,β-unsaturated/α-hetero) is 1. The van der Waals surface area contributed by atoms with Crippen molar-refractivity contribution in [1.82, 2.24) is 10.3 Å². The molecule has 2 aromatic rings. The van der Waals surface area contributed by atoms with E-state index in [-0.39, 0.29) is 16.4 Å². The van der Waals surface area contributed by atoms with E-state index in [1.54, 1.807) is 42.6 Å². The molecule has 1 unspecified atom stereocenters. The van der Waals surface area contributed by atoms with E-state index in [0.29, 0.717) is 5.69 Å². The van der Waals surface area contributed by atoms with Gasteiger partial charge in [0.2, 0.25) is 5.78 Å². The zero-order valence-corrected chi connectivity index (χ0v) is 13.1. The van der Waals surface area contributed by atoms with E-state index in [9.17, 15) is 14.4 Å². The van der Waals surface area contributed by atoms with E-state index in [1.165, 1.54) is 6.92 Å². The van der Waals surface area contributed by atoms with Crippen LogP contribution in [0.2, 0.25) is 5.02 Å². The van der Waals surface area contributed by atoms with Crippen LogP contribution in [-0.4, -0.2) is 35.3 Å². The average Bonchev–Trinajstić information content (AvgIpc) is 3.07. The third-order valence-electron chi connectivity index (χ3n) is 3.06. The lowest BCUT2D eigenvalue weighted by atomic mass is 10.2. The van der Waals surface area contributed by atoms with Crippen LogP contribution < -0.4 is 5.32 Å². The number of hydrogen-bond donors (Lipinski definition) is 2. The van der Waals surface area contributed by atoms with Gasteiger partial charge in [-0.2, -0.15) is 0 Å². The molecule has 0 fully saturated rings. The molecule has 0 spiro atoms. The lowest BCUT2D eigenvalue weighted by molar-refractivity contribution is -0.144. The molecule has 1 amide bonds. The first-order chi connectivity index (χ1) is 11.0. The number of aromatic nitrogens is 1. The molecule has 1 aromatic heterocycles. The highest BCUT2D eigenvalue weighted by atomic mass is 35.5. The van der Waals surface area contributed by atoms with Crippen LogP contribution in [0, 0.1) is 0 Å². The molecule has 1 atom stereocenters. The highest BCUT2D eigenvalue weighted by molar-refractivity contribution is 6.33. The van der Waals surface area contributed by atoms with Gasteiger partial charge >= 0.3 is 5.97 Å². The molecular weight excluding hydrogens is 320 g/mol. The van der Waals surface area contributed by atoms with E-state index in [1.807, 2.05) is 0 Å². The molecule has 2 N–H and O–H groups in total. The molecule has 0 aliphatic carbocycles. The van der Waals surface area contributed by atoms with Gasteiger partial charge < -0.3 is 15.0 Å². The molecule has 6 nitrogen and oxygen atoms in total. The normalized spacial score (nSPS) is 11.6. The van der Waals surface area contributed by atoms with E-state index >= 15 is 0 Å². The molecular formula is C16H15ClN2O4. The highest BCUT2D eigenvalue weighted by Crippen LogP contribution is 2.14. The number of H-pyrrole nitrogens is 1. The van der Waals surface area contributed by atoms with Crippen LogP contribution in [0.25, 0.3) is 0 Å². The second-order valence-corrected chi connectivity index (χ2v) is 5.20. The van der Waals surface area contributed by atoms with E-state index in [0.717, 1.165) is 0 Å². The van der Waals surface area contributed by atoms with Gasteiger partial charge in [0.1, 0.15) is 6.04 Å². The van der Waals surface area contributed by atoms with E-state index in [4.69, 9.17) is 16.3 Å². The Bertz CT molecular complexity index is 713. The first-order valence-corrected chi connectivity index (χ1v) is 7.25. The number of benzene rings is 1. The number of amides is 1. The van der Waals surface area contributed by atoms with E-state index in [2.05, 4.69) is 10.3 Å². The number of ether oxygens (including phenoxy) is 1. The number of esters is 1. The lowest BCUT2D eigenvalue weighted by Crippen LogP contribution is -2.40. The molecule has 0 aliphatic heterocycles. The zero-order valence-electron chi connectivity index (χ0n) is 12.3. The summed E-state index contributed by atoms with van der Waals surface area (Å²) in [6.07, 6.45) is 1.60. The Balaban J connectivity index is 1.86. The molecule has 2 rings (SSSR count). The predicted octanol–water partition coefficient (Wildman–Crippen LogP) is 2.21. The van der Waals surface area contributed by atoms with Crippen molar-refractivity contribution in [2.45, 2.75) is 13.0 Å². The van der Waals surface area contributed by atoms with Crippen LogP contribution in [0.4, 0.5) is 0 Å². The van der Waals surface area contributed by atoms with Gasteiger partial charge in [-0.25, -0.2) is 4.79 Å². The second-order valence-electron chi connectivity index (χ2n) is 4.79. The summed E-state index contributed by atoms with van der Waals surface area (Å²) in [5.74, 6) is -1.55. The average molecular weight is 335 g/mol. The first-order valence-electron chi connectivity index (χ1n) is 6.87. The summed E-state index contributed by atoms with van der Waals surface area (Å²) >= 11 is 5.92. The summed E-state index contributed by atoms with van der Waals surface area (Å²) in [5, 5.41) is 2.76. The summed E-state index contributed by atoms with van der Waals surface area (Å²) in [4.78, 5) is 38.3. The summed E-state index contributed by atoms with van der Waals surface area (Å²) in [5.41, 5.74) is 0.613. The minimum atomic E-state index is -0.907. The fourth-order valence-corrected chi connectivity index (χ4v) is 2.04. The van der Waals surface area contributed by atoms with Crippen LogP contribution >= 0.6 is 11.6 Å². The van der Waals surface area contributed by atoms with Crippen molar-refractivity contribution in [1.29, 1.82) is 0 Å². The SMILES string of the molecule is CC(NC(=O)c1ccccc1Cl)C(=O)OCC(=O)c1ccc[nH]1. The quantitative estimate of drug-likeness (QED) is 0.626. The van der Waals surface area contributed by atoms with Gasteiger partial charge in [0, 0.05) is 6.20 Å². The summed E-state index contributed by atoms with van der Waals surface area (Å²) in [6.45, 7) is 1.07. The van der Waals surface area contributed by atoms with Gasteiger partial charge in [-0.1, -0.05) is 23.7 Å². The molecule has 0 saturated carbocycles. The van der Waals surface area contributed by atoms with Crippen LogP contribution in [0.5, 0.6) is 0 Å². The fourth-order valence-electron chi connectivity index (χ4n) is 1.82. The molecule has 0 bridgehead atoms. The van der Waals surface area contributed by atoms with Crippen molar-refractivity contribution in [3.8, 4) is 0 Å². The van der Waals surface area contributed by atoms with Crippen molar-refractivity contribution in [2.75, 3.05) is 6.61 Å². The molecule has 120 valence electrons. The maximum absolute atomic E-state index is 12.0. The minimum absolute atomic E-state index is 0.260. The molecule has 0 aliphatic rings. The molecule has 7 heteroatoms. The van der Waals surface area contributed by atoms with Gasteiger partial charge in [0.05, 0.1) is 16.3 Å². The van der Waals surface area contributed by atoms with Crippen molar-refractivity contribution in [3.05, 3.63) is 58.9 Å². The standard InChI is InChI=1S/C16H15ClN2O4/c1-10(19-15(21)11-5-2-3-6-12(11)17)16(22)23-9-14(20)13-7-4-8-18-13/h2-8,10,18H,9H2,1H3,(H,19,21). The smallest absolute Gasteiger partial charge is 0.328 e. The lowest BCUT2D eigenvalue weighted by Gasteiger charge is -2.13. The number of carbonyl (C=O) groups excluding carboxylic acids is 3. The number of rotatable bonds is 6. The van der Waals surface area contributed by atoms with Crippen molar-refractivity contribution in [3.63, 3.8) is 0 Å².